The zero-order valence-corrected chi connectivity index (χ0v) is 13.2. The molecular formula is C13H20BrN3O2. The van der Waals surface area contributed by atoms with Crippen molar-refractivity contribution in [1.29, 1.82) is 0 Å². The number of nitrogens with zero attached hydrogens (tertiary/aromatic N) is 3. The van der Waals surface area contributed by atoms with Crippen LogP contribution in [0.25, 0.3) is 0 Å². The molecule has 0 saturated carbocycles. The maximum absolute atomic E-state index is 12.6. The second-order valence-corrected chi connectivity index (χ2v) is 6.16. The van der Waals surface area contributed by atoms with Crippen molar-refractivity contribution < 1.29 is 9.53 Å². The monoisotopic (exact) mass is 329 g/mol. The Kier molecular flexibility index (Phi) is 4.76. The van der Waals surface area contributed by atoms with Crippen LogP contribution >= 0.6 is 15.9 Å². The van der Waals surface area contributed by atoms with E-state index in [9.17, 15) is 4.79 Å². The molecule has 0 aliphatic carbocycles. The van der Waals surface area contributed by atoms with Gasteiger partial charge in [0.1, 0.15) is 5.69 Å². The molecular weight excluding hydrogens is 310 g/mol. The van der Waals surface area contributed by atoms with Gasteiger partial charge >= 0.3 is 0 Å². The number of ether oxygens (including phenoxy) is 1. The number of hydrogen-bond donors (Lipinski definition) is 0. The first-order valence-corrected chi connectivity index (χ1v) is 7.30. The van der Waals surface area contributed by atoms with E-state index in [-0.39, 0.29) is 17.8 Å². The van der Waals surface area contributed by atoms with Gasteiger partial charge in [-0.2, -0.15) is 5.10 Å². The van der Waals surface area contributed by atoms with Gasteiger partial charge in [0.05, 0.1) is 29.9 Å². The highest BCUT2D eigenvalue weighted by molar-refractivity contribution is 9.10. The van der Waals surface area contributed by atoms with Crippen molar-refractivity contribution in [2.45, 2.75) is 26.0 Å². The third kappa shape index (κ3) is 3.43. The van der Waals surface area contributed by atoms with Crippen molar-refractivity contribution in [2.75, 3.05) is 27.2 Å². The Labute approximate surface area is 122 Å². The second-order valence-electron chi connectivity index (χ2n) is 5.31. The van der Waals surface area contributed by atoms with Gasteiger partial charge in [-0.15, -0.1) is 0 Å². The van der Waals surface area contributed by atoms with Crippen LogP contribution in [0, 0.1) is 5.92 Å². The van der Waals surface area contributed by atoms with Crippen LogP contribution in [-0.4, -0.2) is 53.8 Å². The minimum absolute atomic E-state index is 0.0406. The van der Waals surface area contributed by atoms with Crippen molar-refractivity contribution in [3.63, 3.8) is 0 Å². The maximum atomic E-state index is 12.6. The predicted octanol–water partition coefficient (Wildman–Crippen LogP) is 1.81. The Hall–Kier alpha value is -0.720. The summed E-state index contributed by atoms with van der Waals surface area (Å²) in [7, 11) is 4.01. The van der Waals surface area contributed by atoms with Crippen LogP contribution < -0.4 is 0 Å². The number of halogens is 1. The highest BCUT2D eigenvalue weighted by atomic mass is 79.9. The van der Waals surface area contributed by atoms with E-state index in [2.05, 4.69) is 25.9 Å². The van der Waals surface area contributed by atoms with Crippen molar-refractivity contribution in [1.82, 2.24) is 14.7 Å². The molecule has 1 aromatic rings. The third-order valence-corrected chi connectivity index (χ3v) is 3.94. The van der Waals surface area contributed by atoms with Gasteiger partial charge in [0.2, 0.25) is 0 Å². The van der Waals surface area contributed by atoms with Gasteiger partial charge in [-0.05, 0) is 43.4 Å². The van der Waals surface area contributed by atoms with Crippen molar-refractivity contribution in [3.05, 3.63) is 16.4 Å². The van der Waals surface area contributed by atoms with E-state index >= 15 is 0 Å². The van der Waals surface area contributed by atoms with Gasteiger partial charge in [-0.1, -0.05) is 0 Å². The van der Waals surface area contributed by atoms with Crippen LogP contribution in [0.4, 0.5) is 0 Å². The Balaban J connectivity index is 2.14. The van der Waals surface area contributed by atoms with Crippen molar-refractivity contribution in [2.24, 2.45) is 5.92 Å². The first-order chi connectivity index (χ1) is 8.99. The van der Waals surface area contributed by atoms with Gasteiger partial charge < -0.3 is 9.64 Å². The molecule has 0 spiro atoms. The fraction of sp³-hybridized carbons (Fsp3) is 0.692. The molecule has 2 unspecified atom stereocenters. The number of Topliss-reactive ketones (excluding diaryl/α,β-unsaturated/α-hetero) is 1. The number of ketones is 1. The van der Waals surface area contributed by atoms with Crippen LogP contribution in [0.5, 0.6) is 0 Å². The molecule has 1 saturated heterocycles. The van der Waals surface area contributed by atoms with Gasteiger partial charge in [-0.25, -0.2) is 0 Å². The molecule has 1 aromatic heterocycles. The lowest BCUT2D eigenvalue weighted by molar-refractivity contribution is 0.0866. The highest BCUT2D eigenvalue weighted by Crippen LogP contribution is 2.26. The molecule has 2 heterocycles. The van der Waals surface area contributed by atoms with E-state index in [0.717, 1.165) is 17.4 Å². The molecule has 0 aromatic carbocycles. The molecule has 6 heteroatoms. The summed E-state index contributed by atoms with van der Waals surface area (Å²) < 4.78 is 8.05. The quantitative estimate of drug-likeness (QED) is 0.773. The molecule has 19 heavy (non-hydrogen) atoms. The third-order valence-electron chi connectivity index (χ3n) is 3.36. The Morgan fingerprint density at radius 3 is 2.95 bits per heavy atom. The van der Waals surface area contributed by atoms with E-state index < -0.39 is 0 Å². The lowest BCUT2D eigenvalue weighted by atomic mass is 9.99. The Bertz CT molecular complexity index is 459. The number of aromatic nitrogens is 2. The first-order valence-electron chi connectivity index (χ1n) is 6.51. The van der Waals surface area contributed by atoms with Crippen LogP contribution in [0.15, 0.2) is 10.7 Å². The van der Waals surface area contributed by atoms with Crippen LogP contribution in [0.3, 0.4) is 0 Å². The average molecular weight is 330 g/mol. The second kappa shape index (κ2) is 6.15. The van der Waals surface area contributed by atoms with Gasteiger partial charge in [-0.3, -0.25) is 9.48 Å². The molecule has 2 atom stereocenters. The highest BCUT2D eigenvalue weighted by Gasteiger charge is 2.32. The normalized spacial score (nSPS) is 23.2. The van der Waals surface area contributed by atoms with E-state index in [0.29, 0.717) is 18.8 Å². The number of rotatable bonds is 5. The van der Waals surface area contributed by atoms with Crippen molar-refractivity contribution in [3.8, 4) is 0 Å². The molecule has 5 nitrogen and oxygen atoms in total. The maximum Gasteiger partial charge on any atom is 0.187 e. The summed E-state index contributed by atoms with van der Waals surface area (Å²) in [5.41, 5.74) is 0.671. The number of likely N-dealkylation sites (N-methyl/N-ethyl adjacent to an activating group) is 1. The fourth-order valence-corrected chi connectivity index (χ4v) is 2.76. The molecule has 106 valence electrons. The summed E-state index contributed by atoms with van der Waals surface area (Å²) in [5.74, 6) is 0.0913. The molecule has 2 rings (SSSR count). The zero-order chi connectivity index (χ0) is 14.0. The van der Waals surface area contributed by atoms with E-state index in [4.69, 9.17) is 4.74 Å². The summed E-state index contributed by atoms with van der Waals surface area (Å²) in [6.45, 7) is 4.09. The van der Waals surface area contributed by atoms with E-state index in [1.54, 1.807) is 10.9 Å². The van der Waals surface area contributed by atoms with Crippen LogP contribution in [-0.2, 0) is 11.3 Å². The minimum atomic E-state index is -0.0406. The first kappa shape index (κ1) is 14.7. The summed E-state index contributed by atoms with van der Waals surface area (Å²) in [5, 5.41) is 4.28. The molecule has 0 N–H and O–H groups in total. The predicted molar refractivity (Wildman–Crippen MR) is 76.3 cm³/mol. The van der Waals surface area contributed by atoms with Gasteiger partial charge in [0, 0.05) is 12.5 Å². The topological polar surface area (TPSA) is 47.4 Å². The zero-order valence-electron chi connectivity index (χ0n) is 11.6. The number of carbonyl (C=O) groups is 1. The Morgan fingerprint density at radius 2 is 2.37 bits per heavy atom. The van der Waals surface area contributed by atoms with Gasteiger partial charge in [0.15, 0.2) is 5.78 Å². The largest absolute Gasteiger partial charge is 0.378 e. The van der Waals surface area contributed by atoms with Gasteiger partial charge in [0.25, 0.3) is 0 Å². The minimum Gasteiger partial charge on any atom is -0.378 e. The summed E-state index contributed by atoms with van der Waals surface area (Å²) in [6, 6.07) is 0. The van der Waals surface area contributed by atoms with E-state index in [1.807, 2.05) is 21.0 Å². The molecule has 0 bridgehead atoms. The summed E-state index contributed by atoms with van der Waals surface area (Å²) in [6.07, 6.45) is 2.66. The standard InChI is InChI=1S/C13H20BrN3O2/c1-9-6-10(8-19-9)13(18)12-11(14)7-15-17(12)5-4-16(2)3/h7,9-10H,4-6,8H2,1-3H3. The SMILES string of the molecule is CC1CC(C(=O)c2c(Br)cnn2CCN(C)C)CO1. The molecule has 1 aliphatic rings. The molecule has 1 aliphatic heterocycles. The Morgan fingerprint density at radius 1 is 1.63 bits per heavy atom. The summed E-state index contributed by atoms with van der Waals surface area (Å²) >= 11 is 3.43. The number of hydrogen-bond acceptors (Lipinski definition) is 4. The lowest BCUT2D eigenvalue weighted by Gasteiger charge is -2.13. The number of carbonyl (C=O) groups excluding carboxylic acids is 1. The van der Waals surface area contributed by atoms with Crippen LogP contribution in [0.1, 0.15) is 23.8 Å². The fourth-order valence-electron chi connectivity index (χ4n) is 2.26. The molecule has 1 fully saturated rings. The summed E-state index contributed by atoms with van der Waals surface area (Å²) in [4.78, 5) is 14.6. The smallest absolute Gasteiger partial charge is 0.187 e. The lowest BCUT2D eigenvalue weighted by Crippen LogP contribution is -2.24. The van der Waals surface area contributed by atoms with Crippen molar-refractivity contribution >= 4 is 21.7 Å². The van der Waals surface area contributed by atoms with Crippen LogP contribution in [0.2, 0.25) is 0 Å². The molecule has 0 radical (unpaired) electrons. The van der Waals surface area contributed by atoms with E-state index in [1.165, 1.54) is 0 Å². The molecule has 0 amide bonds. The average Bonchev–Trinajstić information content (AvgIpc) is 2.92.